The fraction of sp³-hybridized carbons (Fsp3) is 0.840. The van der Waals surface area contributed by atoms with E-state index < -0.39 is 20.0 Å². The molecule has 1 unspecified atom stereocenters. The predicted molar refractivity (Wildman–Crippen MR) is 128 cm³/mol. The molecule has 1 aliphatic carbocycles. The number of ketones is 1. The molecule has 0 N–H and O–H groups in total. The minimum absolute atomic E-state index is 0.0252. The highest BCUT2D eigenvalue weighted by Gasteiger charge is 2.43. The van der Waals surface area contributed by atoms with E-state index in [1.807, 2.05) is 13.8 Å². The van der Waals surface area contributed by atoms with E-state index in [2.05, 4.69) is 5.16 Å². The second-order valence-electron chi connectivity index (χ2n) is 10.9. The molecule has 0 bridgehead atoms. The molecule has 2 fully saturated rings. The van der Waals surface area contributed by atoms with Crippen LogP contribution >= 0.6 is 0 Å². The number of sulfone groups is 1. The summed E-state index contributed by atoms with van der Waals surface area (Å²) in [6.07, 6.45) is 6.25. The monoisotopic (exact) mass is 499 g/mol. The molecule has 0 spiro atoms. The first-order valence-electron chi connectivity index (χ1n) is 12.4. The third-order valence-electron chi connectivity index (χ3n) is 7.39. The highest BCUT2D eigenvalue weighted by molar-refractivity contribution is 7.93. The molecule has 1 saturated heterocycles. The van der Waals surface area contributed by atoms with Crippen molar-refractivity contribution in [2.24, 2.45) is 5.92 Å². The van der Waals surface area contributed by atoms with E-state index in [0.717, 1.165) is 44.9 Å². The number of methoxy groups -OCH3 is 1. The van der Waals surface area contributed by atoms with Gasteiger partial charge in [-0.15, -0.1) is 0 Å². The summed E-state index contributed by atoms with van der Waals surface area (Å²) in [6, 6.07) is 1.73. The Morgan fingerprint density at radius 1 is 1.12 bits per heavy atom. The van der Waals surface area contributed by atoms with Crippen molar-refractivity contribution >= 4 is 15.6 Å². The van der Waals surface area contributed by atoms with Gasteiger partial charge in [0.1, 0.15) is 10.5 Å². The Morgan fingerprint density at radius 3 is 2.44 bits per heavy atom. The lowest BCUT2D eigenvalue weighted by atomic mass is 9.89. The van der Waals surface area contributed by atoms with Crippen molar-refractivity contribution in [1.82, 2.24) is 5.16 Å². The molecule has 2 heterocycles. The van der Waals surface area contributed by atoms with E-state index in [-0.39, 0.29) is 36.3 Å². The van der Waals surface area contributed by atoms with E-state index in [9.17, 15) is 13.2 Å². The summed E-state index contributed by atoms with van der Waals surface area (Å²) in [5, 5.41) is 4.15. The topological polar surface area (TPSA) is 105 Å². The van der Waals surface area contributed by atoms with Crippen LogP contribution < -0.4 is 0 Å². The van der Waals surface area contributed by atoms with Gasteiger partial charge in [-0.25, -0.2) is 8.42 Å². The highest BCUT2D eigenvalue weighted by Crippen LogP contribution is 2.31. The van der Waals surface area contributed by atoms with E-state index in [4.69, 9.17) is 18.7 Å². The largest absolute Gasteiger partial charge is 0.381 e. The van der Waals surface area contributed by atoms with Crippen molar-refractivity contribution in [3.05, 3.63) is 17.5 Å². The van der Waals surface area contributed by atoms with Gasteiger partial charge in [-0.1, -0.05) is 19.0 Å². The average Bonchev–Trinajstić information content (AvgIpc) is 3.28. The molecular formula is C25H41NO7S. The van der Waals surface area contributed by atoms with Crippen LogP contribution in [-0.2, 0) is 40.7 Å². The van der Waals surface area contributed by atoms with E-state index in [1.165, 1.54) is 13.8 Å². The number of nitrogens with zero attached hydrogens (tertiary/aromatic N) is 1. The van der Waals surface area contributed by atoms with Gasteiger partial charge in [0.15, 0.2) is 21.9 Å². The Kier molecular flexibility index (Phi) is 8.98. The molecule has 194 valence electrons. The molecule has 9 heteroatoms. The van der Waals surface area contributed by atoms with Crippen LogP contribution in [0.25, 0.3) is 0 Å². The first-order chi connectivity index (χ1) is 15.9. The summed E-state index contributed by atoms with van der Waals surface area (Å²) in [5.41, 5.74) is 0.232. The predicted octanol–water partition coefficient (Wildman–Crippen LogP) is 4.01. The minimum atomic E-state index is -3.63. The van der Waals surface area contributed by atoms with Crippen molar-refractivity contribution in [3.63, 3.8) is 0 Å². The third-order valence-corrected chi connectivity index (χ3v) is 10.1. The molecule has 1 atom stereocenters. The highest BCUT2D eigenvalue weighted by atomic mass is 32.2. The maximum atomic E-state index is 13.2. The number of carbonyl (C=O) groups is 1. The Labute approximate surface area is 204 Å². The maximum absolute atomic E-state index is 13.2. The third kappa shape index (κ3) is 6.68. The summed E-state index contributed by atoms with van der Waals surface area (Å²) in [7, 11) is -1.94. The number of ether oxygens (including phenoxy) is 3. The van der Waals surface area contributed by atoms with Crippen molar-refractivity contribution < 1.29 is 31.9 Å². The molecule has 2 aliphatic rings. The Balaban J connectivity index is 1.57. The van der Waals surface area contributed by atoms with Crippen molar-refractivity contribution in [2.45, 2.75) is 102 Å². The van der Waals surface area contributed by atoms with Crippen LogP contribution in [0.2, 0.25) is 0 Å². The lowest BCUT2D eigenvalue weighted by Gasteiger charge is -2.30. The van der Waals surface area contributed by atoms with Crippen molar-refractivity contribution in [1.29, 1.82) is 0 Å². The number of rotatable bonds is 11. The zero-order valence-electron chi connectivity index (χ0n) is 21.3. The van der Waals surface area contributed by atoms with Gasteiger partial charge >= 0.3 is 0 Å². The zero-order chi connectivity index (χ0) is 25.0. The number of carbonyl (C=O) groups excluding carboxylic acids is 1. The average molecular weight is 500 g/mol. The summed E-state index contributed by atoms with van der Waals surface area (Å²) in [5.74, 6) is 0.0721. The van der Waals surface area contributed by atoms with Gasteiger partial charge in [-0.3, -0.25) is 4.79 Å². The Hall–Kier alpha value is -1.29. The van der Waals surface area contributed by atoms with Crippen LogP contribution in [0.15, 0.2) is 10.6 Å². The molecule has 34 heavy (non-hydrogen) atoms. The quantitative estimate of drug-likeness (QED) is 0.450. The van der Waals surface area contributed by atoms with Gasteiger partial charge in [0, 0.05) is 25.2 Å². The number of hydrogen-bond donors (Lipinski definition) is 0. The SMILES string of the molecule is COC1CCC(CS(=O)(=O)C(C)(C)C(=O)Cc2cc(C(C)(C)COC3CCCCO3)no2)CC1. The van der Waals surface area contributed by atoms with Crippen molar-refractivity contribution in [2.75, 3.05) is 26.1 Å². The van der Waals surface area contributed by atoms with Crippen LogP contribution in [0, 0.1) is 5.92 Å². The molecule has 0 radical (unpaired) electrons. The lowest BCUT2D eigenvalue weighted by Crippen LogP contribution is -2.44. The second kappa shape index (κ2) is 11.2. The smallest absolute Gasteiger partial charge is 0.162 e. The van der Waals surface area contributed by atoms with Gasteiger partial charge in [0.25, 0.3) is 0 Å². The van der Waals surface area contributed by atoms with Crippen LogP contribution in [0.1, 0.15) is 84.1 Å². The van der Waals surface area contributed by atoms with Crippen LogP contribution in [0.5, 0.6) is 0 Å². The fourth-order valence-corrected chi connectivity index (χ4v) is 6.32. The standard InChI is InChI=1S/C25H41NO7S/c1-24(2,17-32-23-8-6-7-13-31-23)21-14-20(33-26-21)15-22(27)25(3,4)34(28,29)16-18-9-11-19(30-5)12-10-18/h14,18-19,23H,6-13,15-17H2,1-5H3. The number of Topliss-reactive ketones (excluding diaryl/α,β-unsaturated/α-hetero) is 1. The van der Waals surface area contributed by atoms with Gasteiger partial charge in [0.05, 0.1) is 30.6 Å². The van der Waals surface area contributed by atoms with E-state index >= 15 is 0 Å². The molecule has 1 aliphatic heterocycles. The molecule has 1 aromatic heterocycles. The first-order valence-corrected chi connectivity index (χ1v) is 14.1. The van der Waals surface area contributed by atoms with E-state index in [1.54, 1.807) is 13.2 Å². The second-order valence-corrected chi connectivity index (χ2v) is 13.5. The molecule has 0 amide bonds. The summed E-state index contributed by atoms with van der Waals surface area (Å²) in [4.78, 5) is 13.1. The summed E-state index contributed by atoms with van der Waals surface area (Å²) < 4.78 is 47.2. The number of aromatic nitrogens is 1. The molecule has 1 saturated carbocycles. The summed E-state index contributed by atoms with van der Waals surface area (Å²) in [6.45, 7) is 8.12. The van der Waals surface area contributed by atoms with Gasteiger partial charge in [-0.2, -0.15) is 0 Å². The molecule has 1 aromatic rings. The first kappa shape index (κ1) is 27.3. The van der Waals surface area contributed by atoms with Gasteiger partial charge < -0.3 is 18.7 Å². The maximum Gasteiger partial charge on any atom is 0.162 e. The number of hydrogen-bond acceptors (Lipinski definition) is 8. The normalized spacial score (nSPS) is 24.8. The molecule has 8 nitrogen and oxygen atoms in total. The molecule has 0 aromatic carbocycles. The fourth-order valence-electron chi connectivity index (χ4n) is 4.53. The molecule has 3 rings (SSSR count). The van der Waals surface area contributed by atoms with E-state index in [0.29, 0.717) is 24.7 Å². The van der Waals surface area contributed by atoms with Gasteiger partial charge in [0.2, 0.25) is 0 Å². The van der Waals surface area contributed by atoms with Crippen LogP contribution in [0.4, 0.5) is 0 Å². The minimum Gasteiger partial charge on any atom is -0.381 e. The van der Waals surface area contributed by atoms with Crippen LogP contribution in [0.3, 0.4) is 0 Å². The van der Waals surface area contributed by atoms with Crippen molar-refractivity contribution in [3.8, 4) is 0 Å². The zero-order valence-corrected chi connectivity index (χ0v) is 22.1. The van der Waals surface area contributed by atoms with Gasteiger partial charge in [-0.05, 0) is 64.7 Å². The Bertz CT molecular complexity index is 907. The summed E-state index contributed by atoms with van der Waals surface area (Å²) >= 11 is 0. The Morgan fingerprint density at radius 2 is 1.82 bits per heavy atom. The lowest BCUT2D eigenvalue weighted by molar-refractivity contribution is -0.170. The van der Waals surface area contributed by atoms with Crippen LogP contribution in [-0.4, -0.2) is 62.6 Å². The molecular weight excluding hydrogens is 458 g/mol.